The third-order valence-corrected chi connectivity index (χ3v) is 7.31. The fraction of sp³-hybridized carbons (Fsp3) is 0.560. The summed E-state index contributed by atoms with van der Waals surface area (Å²) in [6.07, 6.45) is 14.6. The quantitative estimate of drug-likeness (QED) is 0.528. The minimum Gasteiger partial charge on any atom is -0.370 e. The monoisotopic (exact) mass is 475 g/mol. The highest BCUT2D eigenvalue weighted by Crippen LogP contribution is 2.28. The summed E-state index contributed by atoms with van der Waals surface area (Å²) >= 11 is 0. The lowest BCUT2D eigenvalue weighted by atomic mass is 10.0. The van der Waals surface area contributed by atoms with Crippen molar-refractivity contribution < 1.29 is 0 Å². The third kappa shape index (κ3) is 5.22. The van der Waals surface area contributed by atoms with E-state index in [9.17, 15) is 4.79 Å². The molecule has 3 fully saturated rings. The third-order valence-electron chi connectivity index (χ3n) is 7.31. The predicted octanol–water partition coefficient (Wildman–Crippen LogP) is 1.97. The summed E-state index contributed by atoms with van der Waals surface area (Å²) < 4.78 is 3.32. The Morgan fingerprint density at radius 3 is 2.69 bits per heavy atom. The molecule has 3 aromatic rings. The van der Waals surface area contributed by atoms with Crippen molar-refractivity contribution in [3.05, 3.63) is 47.3 Å². The molecule has 3 aliphatic rings. The second-order valence-corrected chi connectivity index (χ2v) is 10.1. The van der Waals surface area contributed by atoms with E-state index in [-0.39, 0.29) is 5.56 Å². The summed E-state index contributed by atoms with van der Waals surface area (Å²) in [5, 5.41) is 12.2. The van der Waals surface area contributed by atoms with Gasteiger partial charge in [0.25, 0.3) is 5.56 Å². The molecular weight excluding hydrogens is 442 g/mol. The first kappa shape index (κ1) is 22.2. The van der Waals surface area contributed by atoms with Gasteiger partial charge in [-0.3, -0.25) is 14.3 Å². The van der Waals surface area contributed by atoms with Gasteiger partial charge in [-0.1, -0.05) is 5.21 Å². The summed E-state index contributed by atoms with van der Waals surface area (Å²) in [5.74, 6) is 1.76. The maximum absolute atomic E-state index is 12.9. The van der Waals surface area contributed by atoms with Gasteiger partial charge in [-0.05, 0) is 57.1 Å². The van der Waals surface area contributed by atoms with E-state index >= 15 is 0 Å². The molecule has 0 radical (unpaired) electrons. The molecule has 0 spiro atoms. The second kappa shape index (κ2) is 9.77. The highest BCUT2D eigenvalue weighted by atomic mass is 16.1. The molecule has 1 saturated carbocycles. The zero-order valence-corrected chi connectivity index (χ0v) is 20.1. The van der Waals surface area contributed by atoms with Crippen LogP contribution in [-0.2, 0) is 6.67 Å². The molecule has 1 aliphatic carbocycles. The van der Waals surface area contributed by atoms with Crippen molar-refractivity contribution in [1.82, 2.24) is 34.8 Å². The summed E-state index contributed by atoms with van der Waals surface area (Å²) in [5.41, 5.74) is 2.31. The molecule has 3 aromatic heterocycles. The Morgan fingerprint density at radius 1 is 1.00 bits per heavy atom. The van der Waals surface area contributed by atoms with Gasteiger partial charge < -0.3 is 15.1 Å². The summed E-state index contributed by atoms with van der Waals surface area (Å²) in [4.78, 5) is 26.5. The summed E-state index contributed by atoms with van der Waals surface area (Å²) in [7, 11) is 0. The van der Waals surface area contributed by atoms with E-state index in [2.05, 4.69) is 30.4 Å². The van der Waals surface area contributed by atoms with Crippen LogP contribution >= 0.6 is 0 Å². The fourth-order valence-corrected chi connectivity index (χ4v) is 5.06. The lowest BCUT2D eigenvalue weighted by Gasteiger charge is -2.35. The number of hydrogen-bond acceptors (Lipinski definition) is 8. The van der Waals surface area contributed by atoms with Crippen LogP contribution in [0, 0.1) is 5.92 Å². The zero-order chi connectivity index (χ0) is 23.6. The van der Waals surface area contributed by atoms with Gasteiger partial charge in [-0.25, -0.2) is 9.67 Å². The standard InChI is InChI=1S/C25H33N9O/c35-25-12-21(32-10-3-4-20(16-32)27-13-19-5-6-19)7-11-33(25)18-34-17-23(29-30-34)22-14-26-15-24(28-22)31-8-1-2-9-31/h7,11-12,14-15,17,19-20,27H,1-6,8-10,13,16,18H2/t20-/m1/s1. The number of anilines is 2. The number of nitrogens with one attached hydrogen (secondary N) is 1. The van der Waals surface area contributed by atoms with Crippen LogP contribution in [0.4, 0.5) is 11.5 Å². The van der Waals surface area contributed by atoms with Crippen molar-refractivity contribution in [3.63, 3.8) is 0 Å². The van der Waals surface area contributed by atoms with Crippen molar-refractivity contribution >= 4 is 11.5 Å². The Bertz CT molecular complexity index is 1210. The Labute approximate surface area is 205 Å². The van der Waals surface area contributed by atoms with Crippen LogP contribution in [0.5, 0.6) is 0 Å². The Kier molecular flexibility index (Phi) is 6.20. The Morgan fingerprint density at radius 2 is 1.86 bits per heavy atom. The van der Waals surface area contributed by atoms with Crippen LogP contribution < -0.4 is 20.7 Å². The summed E-state index contributed by atoms with van der Waals surface area (Å²) in [6.45, 7) is 5.41. The predicted molar refractivity (Wildman–Crippen MR) is 135 cm³/mol. The van der Waals surface area contributed by atoms with Crippen LogP contribution in [0.15, 0.2) is 41.7 Å². The van der Waals surface area contributed by atoms with Gasteiger partial charge >= 0.3 is 0 Å². The van der Waals surface area contributed by atoms with E-state index in [4.69, 9.17) is 4.98 Å². The Hall–Kier alpha value is -3.27. The van der Waals surface area contributed by atoms with Gasteiger partial charge in [-0.2, -0.15) is 0 Å². The van der Waals surface area contributed by atoms with Gasteiger partial charge in [0.1, 0.15) is 23.9 Å². The molecule has 184 valence electrons. The van der Waals surface area contributed by atoms with E-state index < -0.39 is 0 Å². The van der Waals surface area contributed by atoms with E-state index in [1.807, 2.05) is 18.5 Å². The van der Waals surface area contributed by atoms with Crippen molar-refractivity contribution in [2.24, 2.45) is 5.92 Å². The van der Waals surface area contributed by atoms with E-state index in [0.29, 0.717) is 24.1 Å². The number of pyridine rings is 1. The zero-order valence-electron chi connectivity index (χ0n) is 20.1. The molecule has 1 N–H and O–H groups in total. The normalized spacial score (nSPS) is 20.5. The molecule has 0 unspecified atom stereocenters. The lowest BCUT2D eigenvalue weighted by Crippen LogP contribution is -2.46. The molecule has 0 aromatic carbocycles. The van der Waals surface area contributed by atoms with Gasteiger partial charge in [0.2, 0.25) is 0 Å². The van der Waals surface area contributed by atoms with E-state index in [1.54, 1.807) is 27.7 Å². The molecule has 2 saturated heterocycles. The largest absolute Gasteiger partial charge is 0.370 e. The smallest absolute Gasteiger partial charge is 0.254 e. The van der Waals surface area contributed by atoms with Crippen LogP contribution in [0.3, 0.4) is 0 Å². The number of aromatic nitrogens is 6. The number of piperidine rings is 1. The van der Waals surface area contributed by atoms with Crippen LogP contribution in [0.1, 0.15) is 38.5 Å². The molecule has 1 atom stereocenters. The van der Waals surface area contributed by atoms with Crippen LogP contribution in [-0.4, -0.2) is 68.3 Å². The molecule has 2 aliphatic heterocycles. The maximum atomic E-state index is 12.9. The Balaban J connectivity index is 1.11. The molecule has 5 heterocycles. The highest BCUT2D eigenvalue weighted by Gasteiger charge is 2.25. The number of hydrogen-bond donors (Lipinski definition) is 1. The first-order valence-electron chi connectivity index (χ1n) is 12.9. The average Bonchev–Trinajstić information content (AvgIpc) is 3.34. The first-order valence-corrected chi connectivity index (χ1v) is 12.9. The topological polar surface area (TPSA) is 97.0 Å². The number of nitrogens with zero attached hydrogens (tertiary/aromatic N) is 8. The van der Waals surface area contributed by atoms with Crippen LogP contribution in [0.25, 0.3) is 11.4 Å². The first-order chi connectivity index (χ1) is 17.2. The van der Waals surface area contributed by atoms with Crippen LogP contribution in [0.2, 0.25) is 0 Å². The van der Waals surface area contributed by atoms with Crippen molar-refractivity contribution in [1.29, 1.82) is 0 Å². The summed E-state index contributed by atoms with van der Waals surface area (Å²) in [6, 6.07) is 4.28. The van der Waals surface area contributed by atoms with Gasteiger partial charge in [0.05, 0.1) is 18.6 Å². The van der Waals surface area contributed by atoms with Gasteiger partial charge in [-0.15, -0.1) is 5.10 Å². The molecule has 0 amide bonds. The average molecular weight is 476 g/mol. The number of rotatable bonds is 8. The van der Waals surface area contributed by atoms with Gasteiger partial charge in [0, 0.05) is 50.2 Å². The van der Waals surface area contributed by atoms with Crippen molar-refractivity contribution in [2.75, 3.05) is 42.5 Å². The fourth-order valence-electron chi connectivity index (χ4n) is 5.06. The SMILES string of the molecule is O=c1cc(N2CCC[C@@H](NCC3CC3)C2)ccn1Cn1cc(-c2cncc(N3CCCC3)n2)nn1. The molecule has 10 heteroatoms. The second-order valence-electron chi connectivity index (χ2n) is 10.1. The minimum absolute atomic E-state index is 0.0385. The molecule has 35 heavy (non-hydrogen) atoms. The highest BCUT2D eigenvalue weighted by molar-refractivity contribution is 5.54. The molecule has 6 rings (SSSR count). The molecular formula is C25H33N9O. The molecule has 0 bridgehead atoms. The van der Waals surface area contributed by atoms with Crippen molar-refractivity contribution in [2.45, 2.75) is 51.2 Å². The molecule has 10 nitrogen and oxygen atoms in total. The lowest BCUT2D eigenvalue weighted by molar-refractivity contribution is 0.416. The van der Waals surface area contributed by atoms with Gasteiger partial charge in [0.15, 0.2) is 0 Å². The van der Waals surface area contributed by atoms with E-state index in [0.717, 1.165) is 56.6 Å². The van der Waals surface area contributed by atoms with Crippen molar-refractivity contribution in [3.8, 4) is 11.4 Å². The maximum Gasteiger partial charge on any atom is 0.254 e. The van der Waals surface area contributed by atoms with E-state index in [1.165, 1.54) is 32.1 Å². The minimum atomic E-state index is -0.0385.